The second kappa shape index (κ2) is 6.11. The highest BCUT2D eigenvalue weighted by atomic mass is 16.5. The Morgan fingerprint density at radius 3 is 2.45 bits per heavy atom. The Kier molecular flexibility index (Phi) is 4.46. The van der Waals surface area contributed by atoms with Crippen LogP contribution in [-0.4, -0.2) is 39.3 Å². The van der Waals surface area contributed by atoms with Crippen LogP contribution in [0.5, 0.6) is 0 Å². The molecule has 0 aromatic carbocycles. The Morgan fingerprint density at radius 2 is 1.85 bits per heavy atom. The van der Waals surface area contributed by atoms with Crippen LogP contribution in [0.1, 0.15) is 19.7 Å². The summed E-state index contributed by atoms with van der Waals surface area (Å²) in [7, 11) is 3.33. The first-order chi connectivity index (χ1) is 9.55. The topological polar surface area (TPSA) is 62.1 Å². The van der Waals surface area contributed by atoms with E-state index in [1.54, 1.807) is 32.8 Å². The lowest BCUT2D eigenvalue weighted by molar-refractivity contribution is 0.00850. The van der Waals surface area contributed by atoms with Crippen molar-refractivity contribution in [2.75, 3.05) is 14.2 Å². The van der Waals surface area contributed by atoms with E-state index >= 15 is 0 Å². The number of imidazole rings is 1. The average molecular weight is 276 g/mol. The van der Waals surface area contributed by atoms with Crippen molar-refractivity contribution in [1.82, 2.24) is 19.5 Å². The van der Waals surface area contributed by atoms with Crippen LogP contribution in [0, 0.1) is 0 Å². The first kappa shape index (κ1) is 14.6. The highest BCUT2D eigenvalue weighted by molar-refractivity contribution is 5.52. The fraction of sp³-hybridized carbons (Fsp3) is 0.500. The van der Waals surface area contributed by atoms with Crippen molar-refractivity contribution in [2.45, 2.75) is 32.6 Å². The van der Waals surface area contributed by atoms with Gasteiger partial charge in [0.2, 0.25) is 0 Å². The lowest BCUT2D eigenvalue weighted by atomic mass is 10.1. The Labute approximate surface area is 118 Å². The molecule has 0 saturated heterocycles. The van der Waals surface area contributed by atoms with Gasteiger partial charge in [0.05, 0.1) is 17.7 Å². The maximum Gasteiger partial charge on any atom is 0.153 e. The molecule has 0 amide bonds. The van der Waals surface area contributed by atoms with Gasteiger partial charge in [0.25, 0.3) is 0 Å². The van der Waals surface area contributed by atoms with E-state index in [1.807, 2.05) is 24.6 Å². The van der Waals surface area contributed by atoms with Crippen molar-refractivity contribution in [3.05, 3.63) is 30.6 Å². The quantitative estimate of drug-likeness (QED) is 0.806. The Morgan fingerprint density at radius 1 is 1.15 bits per heavy atom. The maximum absolute atomic E-state index is 5.46. The van der Waals surface area contributed by atoms with Crippen molar-refractivity contribution >= 4 is 0 Å². The summed E-state index contributed by atoms with van der Waals surface area (Å²) in [6, 6.07) is 0. The summed E-state index contributed by atoms with van der Waals surface area (Å²) in [6.45, 7) is 5.19. The van der Waals surface area contributed by atoms with Crippen LogP contribution in [0.4, 0.5) is 0 Å². The third-order valence-electron chi connectivity index (χ3n) is 3.06. The Balaban J connectivity index is 2.23. The SMILES string of the molecule is COCc1ncc(-c2nccn2CC(C)(C)OC)cn1. The third-order valence-corrected chi connectivity index (χ3v) is 3.06. The first-order valence-electron chi connectivity index (χ1n) is 6.42. The second-order valence-electron chi connectivity index (χ2n) is 5.16. The molecule has 2 heterocycles. The molecule has 0 bridgehead atoms. The molecule has 2 rings (SSSR count). The van der Waals surface area contributed by atoms with Gasteiger partial charge < -0.3 is 14.0 Å². The number of hydrogen-bond donors (Lipinski definition) is 0. The second-order valence-corrected chi connectivity index (χ2v) is 5.16. The van der Waals surface area contributed by atoms with Crippen LogP contribution in [0.2, 0.25) is 0 Å². The van der Waals surface area contributed by atoms with Gasteiger partial charge in [-0.3, -0.25) is 0 Å². The minimum Gasteiger partial charge on any atom is -0.377 e. The van der Waals surface area contributed by atoms with Gasteiger partial charge in [-0.2, -0.15) is 0 Å². The zero-order valence-electron chi connectivity index (χ0n) is 12.3. The molecular weight excluding hydrogens is 256 g/mol. The van der Waals surface area contributed by atoms with E-state index < -0.39 is 0 Å². The molecule has 2 aromatic heterocycles. The summed E-state index contributed by atoms with van der Waals surface area (Å²) in [5, 5.41) is 0. The zero-order valence-corrected chi connectivity index (χ0v) is 12.3. The van der Waals surface area contributed by atoms with Gasteiger partial charge in [0, 0.05) is 39.0 Å². The fourth-order valence-corrected chi connectivity index (χ4v) is 1.85. The summed E-state index contributed by atoms with van der Waals surface area (Å²) in [5.74, 6) is 1.49. The minimum absolute atomic E-state index is 0.258. The van der Waals surface area contributed by atoms with Crippen molar-refractivity contribution in [1.29, 1.82) is 0 Å². The molecule has 20 heavy (non-hydrogen) atoms. The molecule has 0 N–H and O–H groups in total. The monoisotopic (exact) mass is 276 g/mol. The molecule has 0 aliphatic heterocycles. The summed E-state index contributed by atoms with van der Waals surface area (Å²) in [4.78, 5) is 12.9. The van der Waals surface area contributed by atoms with Crippen LogP contribution >= 0.6 is 0 Å². The van der Waals surface area contributed by atoms with Gasteiger partial charge >= 0.3 is 0 Å². The Bertz CT molecular complexity index is 549. The molecule has 0 unspecified atom stereocenters. The van der Waals surface area contributed by atoms with E-state index in [1.165, 1.54) is 0 Å². The fourth-order valence-electron chi connectivity index (χ4n) is 1.85. The van der Waals surface area contributed by atoms with Crippen LogP contribution in [0.15, 0.2) is 24.8 Å². The largest absolute Gasteiger partial charge is 0.377 e. The van der Waals surface area contributed by atoms with E-state index in [0.29, 0.717) is 19.0 Å². The number of hydrogen-bond acceptors (Lipinski definition) is 5. The molecule has 0 saturated carbocycles. The number of aromatic nitrogens is 4. The van der Waals surface area contributed by atoms with E-state index in [9.17, 15) is 0 Å². The molecular formula is C14H20N4O2. The molecule has 2 aromatic rings. The number of rotatable bonds is 6. The lowest BCUT2D eigenvalue weighted by Crippen LogP contribution is -2.29. The van der Waals surface area contributed by atoms with Crippen LogP contribution in [-0.2, 0) is 22.6 Å². The highest BCUT2D eigenvalue weighted by Crippen LogP contribution is 2.19. The molecule has 6 nitrogen and oxygen atoms in total. The minimum atomic E-state index is -0.258. The number of ether oxygens (including phenoxy) is 2. The third kappa shape index (κ3) is 3.40. The van der Waals surface area contributed by atoms with Crippen molar-refractivity contribution in [3.8, 4) is 11.4 Å². The normalized spacial score (nSPS) is 11.8. The summed E-state index contributed by atoms with van der Waals surface area (Å²) in [5.41, 5.74) is 0.619. The van der Waals surface area contributed by atoms with Gasteiger partial charge in [-0.15, -0.1) is 0 Å². The summed E-state index contributed by atoms with van der Waals surface area (Å²) < 4.78 is 12.5. The van der Waals surface area contributed by atoms with Crippen molar-refractivity contribution < 1.29 is 9.47 Å². The first-order valence-corrected chi connectivity index (χ1v) is 6.42. The van der Waals surface area contributed by atoms with Crippen molar-refractivity contribution in [2.24, 2.45) is 0 Å². The van der Waals surface area contributed by atoms with Gasteiger partial charge in [-0.25, -0.2) is 15.0 Å². The molecule has 0 aliphatic rings. The number of nitrogens with zero attached hydrogens (tertiary/aromatic N) is 4. The van der Waals surface area contributed by atoms with Gasteiger partial charge in [0.1, 0.15) is 12.4 Å². The van der Waals surface area contributed by atoms with Crippen LogP contribution in [0.3, 0.4) is 0 Å². The zero-order chi connectivity index (χ0) is 14.6. The lowest BCUT2D eigenvalue weighted by Gasteiger charge is -2.24. The van der Waals surface area contributed by atoms with E-state index in [-0.39, 0.29) is 5.60 Å². The summed E-state index contributed by atoms with van der Waals surface area (Å²) in [6.07, 6.45) is 7.23. The number of methoxy groups -OCH3 is 2. The molecule has 6 heteroatoms. The predicted molar refractivity (Wildman–Crippen MR) is 75.1 cm³/mol. The standard InChI is InChI=1S/C14H20N4O2/c1-14(2,20-4)10-18-6-5-15-13(18)11-7-16-12(9-19-3)17-8-11/h5-8H,9-10H2,1-4H3. The average Bonchev–Trinajstić information content (AvgIpc) is 2.87. The van der Waals surface area contributed by atoms with Gasteiger partial charge in [-0.1, -0.05) is 0 Å². The molecule has 0 fully saturated rings. The molecule has 0 radical (unpaired) electrons. The summed E-state index contributed by atoms with van der Waals surface area (Å²) >= 11 is 0. The molecule has 0 atom stereocenters. The van der Waals surface area contributed by atoms with Crippen LogP contribution < -0.4 is 0 Å². The van der Waals surface area contributed by atoms with E-state index in [4.69, 9.17) is 9.47 Å². The van der Waals surface area contributed by atoms with E-state index in [2.05, 4.69) is 15.0 Å². The van der Waals surface area contributed by atoms with E-state index in [0.717, 1.165) is 11.4 Å². The highest BCUT2D eigenvalue weighted by Gasteiger charge is 2.19. The molecule has 0 spiro atoms. The Hall–Kier alpha value is -1.79. The van der Waals surface area contributed by atoms with Crippen LogP contribution in [0.25, 0.3) is 11.4 Å². The maximum atomic E-state index is 5.46. The smallest absolute Gasteiger partial charge is 0.153 e. The van der Waals surface area contributed by atoms with Gasteiger partial charge in [0.15, 0.2) is 5.82 Å². The predicted octanol–water partition coefficient (Wildman–Crippen LogP) is 1.91. The molecule has 108 valence electrons. The van der Waals surface area contributed by atoms with Crippen molar-refractivity contribution in [3.63, 3.8) is 0 Å². The van der Waals surface area contributed by atoms with Gasteiger partial charge in [-0.05, 0) is 13.8 Å². The molecule has 0 aliphatic carbocycles.